The van der Waals surface area contributed by atoms with Crippen LogP contribution in [0, 0.1) is 0 Å². The smallest absolute Gasteiger partial charge is 0.191 e. The van der Waals surface area contributed by atoms with E-state index in [0.717, 1.165) is 18.8 Å². The van der Waals surface area contributed by atoms with Crippen LogP contribution >= 0.6 is 35.6 Å². The van der Waals surface area contributed by atoms with Crippen molar-refractivity contribution in [2.45, 2.75) is 18.9 Å². The first kappa shape index (κ1) is 18.1. The van der Waals surface area contributed by atoms with Gasteiger partial charge in [-0.15, -0.1) is 24.0 Å². The Kier molecular flexibility index (Phi) is 8.52. The van der Waals surface area contributed by atoms with Crippen LogP contribution in [0.5, 0.6) is 5.75 Å². The van der Waals surface area contributed by atoms with Gasteiger partial charge in [-0.05, 0) is 25.0 Å². The fourth-order valence-electron chi connectivity index (χ4n) is 2.02. The molecule has 0 atom stereocenters. The first-order valence-electron chi connectivity index (χ1n) is 6.79. The number of nitrogens with one attached hydrogen (secondary N) is 2. The molecule has 116 valence electrons. The molecule has 2 rings (SSSR count). The van der Waals surface area contributed by atoms with E-state index in [9.17, 15) is 0 Å². The van der Waals surface area contributed by atoms with E-state index in [2.05, 4.69) is 27.8 Å². The molecule has 0 radical (unpaired) electrons. The Morgan fingerprint density at radius 1 is 1.33 bits per heavy atom. The van der Waals surface area contributed by atoms with Gasteiger partial charge >= 0.3 is 0 Å². The fourth-order valence-corrected chi connectivity index (χ4v) is 2.21. The predicted molar refractivity (Wildman–Crippen MR) is 99.0 cm³/mol. The average molecular weight is 422 g/mol. The van der Waals surface area contributed by atoms with Gasteiger partial charge < -0.3 is 15.4 Å². The number of para-hydroxylation sites is 1. The zero-order valence-corrected chi connectivity index (χ0v) is 15.1. The molecule has 0 amide bonds. The molecule has 1 aromatic carbocycles. The van der Waals surface area contributed by atoms with E-state index in [1.807, 2.05) is 24.3 Å². The first-order valence-corrected chi connectivity index (χ1v) is 7.17. The maximum atomic E-state index is 6.02. The van der Waals surface area contributed by atoms with Gasteiger partial charge in [0, 0.05) is 13.1 Å². The van der Waals surface area contributed by atoms with Gasteiger partial charge in [-0.2, -0.15) is 0 Å². The van der Waals surface area contributed by atoms with E-state index >= 15 is 0 Å². The molecule has 0 aromatic heterocycles. The molecule has 1 aliphatic carbocycles. The van der Waals surface area contributed by atoms with Crippen molar-refractivity contribution < 1.29 is 4.74 Å². The van der Waals surface area contributed by atoms with Crippen molar-refractivity contribution >= 4 is 41.5 Å². The molecule has 6 heteroatoms. The third-order valence-electron chi connectivity index (χ3n) is 3.06. The highest BCUT2D eigenvalue weighted by molar-refractivity contribution is 14.0. The molecule has 0 saturated heterocycles. The third-order valence-corrected chi connectivity index (χ3v) is 3.37. The summed E-state index contributed by atoms with van der Waals surface area (Å²) in [5, 5.41) is 7.23. The Labute approximate surface area is 148 Å². The number of rotatable bonds is 5. The summed E-state index contributed by atoms with van der Waals surface area (Å²) in [6, 6.07) is 7.92. The summed E-state index contributed by atoms with van der Waals surface area (Å²) < 4.78 is 5.61. The van der Waals surface area contributed by atoms with E-state index < -0.39 is 0 Å². The zero-order valence-electron chi connectivity index (χ0n) is 12.0. The maximum absolute atomic E-state index is 6.02. The number of halogens is 2. The van der Waals surface area contributed by atoms with Gasteiger partial charge in [0.15, 0.2) is 5.96 Å². The minimum atomic E-state index is 0. The van der Waals surface area contributed by atoms with E-state index in [-0.39, 0.29) is 24.0 Å². The van der Waals surface area contributed by atoms with Crippen molar-refractivity contribution in [1.29, 1.82) is 0 Å². The molecule has 21 heavy (non-hydrogen) atoms. The average Bonchev–Trinajstić information content (AvgIpc) is 2.97. The first-order chi connectivity index (χ1) is 9.79. The van der Waals surface area contributed by atoms with Gasteiger partial charge in [-0.3, -0.25) is 4.99 Å². The van der Waals surface area contributed by atoms with Gasteiger partial charge in [0.05, 0.1) is 11.6 Å². The van der Waals surface area contributed by atoms with Crippen molar-refractivity contribution in [3.63, 3.8) is 0 Å². The van der Waals surface area contributed by atoms with Crippen LogP contribution in [-0.4, -0.2) is 32.2 Å². The summed E-state index contributed by atoms with van der Waals surface area (Å²) >= 11 is 6.02. The Morgan fingerprint density at radius 2 is 2.05 bits per heavy atom. The van der Waals surface area contributed by atoms with Gasteiger partial charge in [-0.25, -0.2) is 0 Å². The minimum absolute atomic E-state index is 0. The van der Waals surface area contributed by atoms with Crippen molar-refractivity contribution in [2.24, 2.45) is 4.99 Å². The monoisotopic (exact) mass is 421 g/mol. The van der Waals surface area contributed by atoms with Crippen LogP contribution in [-0.2, 0) is 0 Å². The Hall–Kier alpha value is -0.950. The van der Waals surface area contributed by atoms with Crippen molar-refractivity contribution in [2.75, 3.05) is 20.2 Å². The highest BCUT2D eigenvalue weighted by Crippen LogP contribution is 2.22. The highest BCUT2D eigenvalue weighted by Gasteiger charge is 2.11. The molecule has 0 aliphatic heterocycles. The lowest BCUT2D eigenvalue weighted by Gasteiger charge is -2.17. The number of hydrogen-bond donors (Lipinski definition) is 2. The van der Waals surface area contributed by atoms with Crippen LogP contribution in [0.2, 0.25) is 5.02 Å². The maximum Gasteiger partial charge on any atom is 0.191 e. The molecule has 0 saturated carbocycles. The Bertz CT molecular complexity index is 486. The number of benzene rings is 1. The van der Waals surface area contributed by atoms with Crippen LogP contribution in [0.25, 0.3) is 0 Å². The van der Waals surface area contributed by atoms with Crippen molar-refractivity contribution in [3.05, 3.63) is 41.4 Å². The van der Waals surface area contributed by atoms with Crippen molar-refractivity contribution in [3.8, 4) is 5.75 Å². The zero-order chi connectivity index (χ0) is 14.2. The second-order valence-corrected chi connectivity index (χ2v) is 4.97. The topological polar surface area (TPSA) is 45.7 Å². The number of aliphatic imine (C=N–C) groups is 1. The molecular weight excluding hydrogens is 401 g/mol. The number of hydrogen-bond acceptors (Lipinski definition) is 2. The van der Waals surface area contributed by atoms with Crippen molar-refractivity contribution in [1.82, 2.24) is 10.6 Å². The lowest BCUT2D eigenvalue weighted by molar-refractivity contribution is 0.322. The lowest BCUT2D eigenvalue weighted by atomic mass is 10.2. The van der Waals surface area contributed by atoms with E-state index in [1.165, 1.54) is 0 Å². The number of ether oxygens (including phenoxy) is 1. The molecule has 1 aromatic rings. The second-order valence-electron chi connectivity index (χ2n) is 4.56. The quantitative estimate of drug-likeness (QED) is 0.252. The van der Waals surface area contributed by atoms with Gasteiger partial charge in [0.1, 0.15) is 12.4 Å². The summed E-state index contributed by atoms with van der Waals surface area (Å²) in [6.07, 6.45) is 6.48. The molecule has 4 nitrogen and oxygen atoms in total. The number of nitrogens with zero attached hydrogens (tertiary/aromatic N) is 1. The second kappa shape index (κ2) is 9.89. The van der Waals surface area contributed by atoms with Crippen LogP contribution in [0.15, 0.2) is 41.4 Å². The summed E-state index contributed by atoms with van der Waals surface area (Å²) in [4.78, 5) is 4.20. The van der Waals surface area contributed by atoms with Crippen LogP contribution in [0.1, 0.15) is 12.8 Å². The fraction of sp³-hybridized carbons (Fsp3) is 0.400. The van der Waals surface area contributed by atoms with Gasteiger partial charge in [0.2, 0.25) is 0 Å². The predicted octanol–water partition coefficient (Wildman–Crippen LogP) is 3.22. The molecule has 0 fully saturated rings. The standard InChI is InChI=1S/C15H20ClN3O.HI/c1-17-15(19-12-6-2-3-7-12)18-10-11-20-14-9-5-4-8-13(14)16;/h2-5,8-9,12H,6-7,10-11H2,1H3,(H2,17,18,19);1H. The van der Waals surface area contributed by atoms with Gasteiger partial charge in [0.25, 0.3) is 0 Å². The highest BCUT2D eigenvalue weighted by atomic mass is 127. The SMILES string of the molecule is CN=C(NCCOc1ccccc1Cl)NC1CC=CC1.I. The van der Waals surface area contributed by atoms with Gasteiger partial charge in [-0.1, -0.05) is 35.9 Å². The van der Waals surface area contributed by atoms with E-state index in [1.54, 1.807) is 7.05 Å². The summed E-state index contributed by atoms with van der Waals surface area (Å²) in [6.45, 7) is 1.21. The summed E-state index contributed by atoms with van der Waals surface area (Å²) in [7, 11) is 1.77. The van der Waals surface area contributed by atoms with Crippen LogP contribution in [0.3, 0.4) is 0 Å². The molecule has 0 bridgehead atoms. The summed E-state index contributed by atoms with van der Waals surface area (Å²) in [5.41, 5.74) is 0. The molecule has 0 unspecified atom stereocenters. The Morgan fingerprint density at radius 3 is 2.71 bits per heavy atom. The lowest BCUT2D eigenvalue weighted by Crippen LogP contribution is -2.43. The number of guanidine groups is 1. The van der Waals surface area contributed by atoms with E-state index in [0.29, 0.717) is 30.0 Å². The molecule has 2 N–H and O–H groups in total. The van der Waals surface area contributed by atoms with Crippen LogP contribution < -0.4 is 15.4 Å². The molecule has 0 heterocycles. The van der Waals surface area contributed by atoms with Crippen LogP contribution in [0.4, 0.5) is 0 Å². The molecule has 1 aliphatic rings. The molecular formula is C15H21ClIN3O. The minimum Gasteiger partial charge on any atom is -0.490 e. The summed E-state index contributed by atoms with van der Waals surface area (Å²) in [5.74, 6) is 1.51. The normalized spacial score (nSPS) is 14.7. The van der Waals surface area contributed by atoms with E-state index in [4.69, 9.17) is 16.3 Å². The Balaban J connectivity index is 0.00000220. The molecule has 0 spiro atoms. The largest absolute Gasteiger partial charge is 0.490 e. The third kappa shape index (κ3) is 6.13.